The van der Waals surface area contributed by atoms with Gasteiger partial charge in [-0.2, -0.15) is 5.10 Å². The Morgan fingerprint density at radius 1 is 1.43 bits per heavy atom. The molecule has 0 amide bonds. The first-order chi connectivity index (χ1) is 10.1. The van der Waals surface area contributed by atoms with Crippen LogP contribution in [0.4, 0.5) is 0 Å². The Kier molecular flexibility index (Phi) is 4.31. The van der Waals surface area contributed by atoms with Crippen molar-refractivity contribution in [2.24, 2.45) is 0 Å². The Hall–Kier alpha value is -1.33. The number of hydrogen-bond acceptors (Lipinski definition) is 3. The number of hydrogen-bond donors (Lipinski definition) is 1. The second-order valence-electron chi connectivity index (χ2n) is 5.73. The molecule has 0 saturated heterocycles. The fourth-order valence-corrected chi connectivity index (χ4v) is 3.10. The molecule has 5 heteroatoms. The molecule has 0 unspecified atom stereocenters. The minimum absolute atomic E-state index is 0.482. The van der Waals surface area contributed by atoms with Crippen molar-refractivity contribution in [3.63, 3.8) is 0 Å². The molecule has 21 heavy (non-hydrogen) atoms. The third-order valence-corrected chi connectivity index (χ3v) is 4.02. The largest absolute Gasteiger partial charge is 0.493 e. The van der Waals surface area contributed by atoms with Crippen molar-refractivity contribution < 1.29 is 4.74 Å². The van der Waals surface area contributed by atoms with Crippen molar-refractivity contribution >= 4 is 15.9 Å². The van der Waals surface area contributed by atoms with E-state index in [0.29, 0.717) is 6.04 Å². The Labute approximate surface area is 133 Å². The van der Waals surface area contributed by atoms with Gasteiger partial charge in [-0.15, -0.1) is 0 Å². The Morgan fingerprint density at radius 2 is 2.29 bits per heavy atom. The van der Waals surface area contributed by atoms with Crippen molar-refractivity contribution in [2.75, 3.05) is 6.61 Å². The van der Waals surface area contributed by atoms with Gasteiger partial charge in [-0.05, 0) is 17.7 Å². The van der Waals surface area contributed by atoms with Crippen molar-refractivity contribution in [3.05, 3.63) is 45.7 Å². The summed E-state index contributed by atoms with van der Waals surface area (Å²) in [5, 5.41) is 7.85. The lowest BCUT2D eigenvalue weighted by Crippen LogP contribution is -2.21. The quantitative estimate of drug-likeness (QED) is 0.901. The number of rotatable bonds is 5. The summed E-state index contributed by atoms with van der Waals surface area (Å²) in [5.41, 5.74) is 3.67. The second-order valence-corrected chi connectivity index (χ2v) is 6.65. The second kappa shape index (κ2) is 6.20. The first kappa shape index (κ1) is 14.6. The van der Waals surface area contributed by atoms with Gasteiger partial charge >= 0.3 is 0 Å². The summed E-state index contributed by atoms with van der Waals surface area (Å²) in [7, 11) is 0. The monoisotopic (exact) mass is 349 g/mol. The van der Waals surface area contributed by atoms with Crippen molar-refractivity contribution in [3.8, 4) is 5.75 Å². The van der Waals surface area contributed by atoms with E-state index >= 15 is 0 Å². The SMILES string of the molecule is CC(C)NCc1cnn(Cc2cc(Br)cc3c2OCC3)c1. The van der Waals surface area contributed by atoms with E-state index in [2.05, 4.69) is 58.5 Å². The highest BCUT2D eigenvalue weighted by molar-refractivity contribution is 9.10. The van der Waals surface area contributed by atoms with E-state index in [-0.39, 0.29) is 0 Å². The number of aromatic nitrogens is 2. The van der Waals surface area contributed by atoms with Crippen molar-refractivity contribution in [2.45, 2.75) is 39.4 Å². The van der Waals surface area contributed by atoms with E-state index in [0.717, 1.165) is 36.3 Å². The Bertz CT molecular complexity index is 636. The molecule has 0 bridgehead atoms. The lowest BCUT2D eigenvalue weighted by molar-refractivity contribution is 0.352. The summed E-state index contributed by atoms with van der Waals surface area (Å²) in [4.78, 5) is 0. The standard InChI is InChI=1S/C16H20BrN3O/c1-11(2)18-7-12-8-19-20(9-12)10-14-6-15(17)5-13-3-4-21-16(13)14/h5-6,8-9,11,18H,3-4,7,10H2,1-2H3. The minimum Gasteiger partial charge on any atom is -0.493 e. The third kappa shape index (κ3) is 3.47. The van der Waals surface area contributed by atoms with E-state index in [1.165, 1.54) is 16.7 Å². The maximum Gasteiger partial charge on any atom is 0.127 e. The van der Waals surface area contributed by atoms with Crippen molar-refractivity contribution in [1.82, 2.24) is 15.1 Å². The van der Waals surface area contributed by atoms with Crippen LogP contribution in [0.2, 0.25) is 0 Å². The molecular formula is C16H20BrN3O. The zero-order chi connectivity index (χ0) is 14.8. The summed E-state index contributed by atoms with van der Waals surface area (Å²) < 4.78 is 8.85. The zero-order valence-corrected chi connectivity index (χ0v) is 14.0. The molecule has 0 atom stereocenters. The van der Waals surface area contributed by atoms with Crippen molar-refractivity contribution in [1.29, 1.82) is 0 Å². The minimum atomic E-state index is 0.482. The first-order valence-corrected chi connectivity index (χ1v) is 8.10. The highest BCUT2D eigenvalue weighted by Gasteiger charge is 2.17. The fraction of sp³-hybridized carbons (Fsp3) is 0.438. The molecular weight excluding hydrogens is 330 g/mol. The van der Waals surface area contributed by atoms with E-state index in [1.54, 1.807) is 0 Å². The van der Waals surface area contributed by atoms with Crippen LogP contribution < -0.4 is 10.1 Å². The van der Waals surface area contributed by atoms with E-state index in [4.69, 9.17) is 4.74 Å². The molecule has 1 aromatic heterocycles. The molecule has 0 aliphatic carbocycles. The molecule has 2 aromatic rings. The summed E-state index contributed by atoms with van der Waals surface area (Å²) >= 11 is 3.58. The number of fused-ring (bicyclic) bond motifs is 1. The molecule has 0 fully saturated rings. The summed E-state index contributed by atoms with van der Waals surface area (Å²) in [6.07, 6.45) is 5.01. The number of benzene rings is 1. The highest BCUT2D eigenvalue weighted by Crippen LogP contribution is 2.33. The molecule has 0 radical (unpaired) electrons. The molecule has 112 valence electrons. The van der Waals surface area contributed by atoms with Crippen LogP contribution in [0, 0.1) is 0 Å². The summed E-state index contributed by atoms with van der Waals surface area (Å²) in [6.45, 7) is 6.66. The maximum absolute atomic E-state index is 5.77. The van der Waals surface area contributed by atoms with Gasteiger partial charge in [-0.25, -0.2) is 0 Å². The normalized spacial score (nSPS) is 13.5. The zero-order valence-electron chi connectivity index (χ0n) is 12.4. The van der Waals surface area contributed by atoms with Crippen LogP contribution in [-0.4, -0.2) is 22.4 Å². The molecule has 1 aliphatic heterocycles. The third-order valence-electron chi connectivity index (χ3n) is 3.56. The Morgan fingerprint density at radius 3 is 3.10 bits per heavy atom. The van der Waals surface area contributed by atoms with E-state index in [9.17, 15) is 0 Å². The molecule has 1 aromatic carbocycles. The molecule has 0 spiro atoms. The van der Waals surface area contributed by atoms with Gasteiger partial charge in [0, 0.05) is 40.8 Å². The molecule has 0 saturated carbocycles. The average Bonchev–Trinajstić information content (AvgIpc) is 3.05. The summed E-state index contributed by atoms with van der Waals surface area (Å²) in [6, 6.07) is 4.75. The number of halogens is 1. The van der Waals surface area contributed by atoms with Gasteiger partial charge in [0.1, 0.15) is 5.75 Å². The van der Waals surface area contributed by atoms with Crippen LogP contribution in [0.15, 0.2) is 29.0 Å². The van der Waals surface area contributed by atoms with Gasteiger partial charge in [0.2, 0.25) is 0 Å². The molecule has 4 nitrogen and oxygen atoms in total. The van der Waals surface area contributed by atoms with Crippen LogP contribution in [0.1, 0.15) is 30.5 Å². The molecule has 1 N–H and O–H groups in total. The maximum atomic E-state index is 5.77. The summed E-state index contributed by atoms with van der Waals surface area (Å²) in [5.74, 6) is 1.04. The van der Waals surface area contributed by atoms with E-state index in [1.807, 2.05) is 10.9 Å². The number of nitrogens with zero attached hydrogens (tertiary/aromatic N) is 2. The van der Waals surface area contributed by atoms with Gasteiger partial charge in [-0.1, -0.05) is 29.8 Å². The lowest BCUT2D eigenvalue weighted by atomic mass is 10.1. The van der Waals surface area contributed by atoms with Gasteiger partial charge < -0.3 is 10.1 Å². The predicted molar refractivity (Wildman–Crippen MR) is 86.6 cm³/mol. The number of nitrogens with one attached hydrogen (secondary N) is 1. The van der Waals surface area contributed by atoms with Crippen LogP contribution in [-0.2, 0) is 19.5 Å². The lowest BCUT2D eigenvalue weighted by Gasteiger charge is -2.09. The van der Waals surface area contributed by atoms with Gasteiger partial charge in [0.25, 0.3) is 0 Å². The predicted octanol–water partition coefficient (Wildman–Crippen LogP) is 3.13. The molecule has 1 aliphatic rings. The molecule has 2 heterocycles. The fourth-order valence-electron chi connectivity index (χ4n) is 2.54. The Balaban J connectivity index is 1.75. The van der Waals surface area contributed by atoms with Crippen LogP contribution in [0.3, 0.4) is 0 Å². The van der Waals surface area contributed by atoms with Gasteiger partial charge in [0.05, 0.1) is 19.3 Å². The van der Waals surface area contributed by atoms with Crippen LogP contribution >= 0.6 is 15.9 Å². The smallest absolute Gasteiger partial charge is 0.127 e. The average molecular weight is 350 g/mol. The van der Waals surface area contributed by atoms with Crippen LogP contribution in [0.25, 0.3) is 0 Å². The highest BCUT2D eigenvalue weighted by atomic mass is 79.9. The van der Waals surface area contributed by atoms with Crippen LogP contribution in [0.5, 0.6) is 5.75 Å². The van der Waals surface area contributed by atoms with E-state index < -0.39 is 0 Å². The number of ether oxygens (including phenoxy) is 1. The van der Waals surface area contributed by atoms with Gasteiger partial charge in [-0.3, -0.25) is 4.68 Å². The first-order valence-electron chi connectivity index (χ1n) is 7.30. The molecule has 3 rings (SSSR count). The topological polar surface area (TPSA) is 39.1 Å². The van der Waals surface area contributed by atoms with Gasteiger partial charge in [0.15, 0.2) is 0 Å².